The molecule has 0 fully saturated rings. The lowest BCUT2D eigenvalue weighted by Gasteiger charge is -2.22. The predicted octanol–water partition coefficient (Wildman–Crippen LogP) is 5.09. The Morgan fingerprint density at radius 2 is 1.64 bits per heavy atom. The third-order valence-corrected chi connectivity index (χ3v) is 3.50. The average Bonchev–Trinajstić information content (AvgIpc) is 2.16. The summed E-state index contributed by atoms with van der Waals surface area (Å²) in [5.74, 6) is 2.55. The SMILES string of the molecule is [CH2]CC(C)C(C)CC(C)CCCCC. The first-order chi connectivity index (χ1) is 6.61. The van der Waals surface area contributed by atoms with E-state index in [1.54, 1.807) is 0 Å². The van der Waals surface area contributed by atoms with Crippen LogP contribution in [0.15, 0.2) is 0 Å². The second kappa shape index (κ2) is 8.32. The second-order valence-corrected chi connectivity index (χ2v) is 5.08. The van der Waals surface area contributed by atoms with Crippen molar-refractivity contribution in [2.75, 3.05) is 0 Å². The molecule has 14 heavy (non-hydrogen) atoms. The summed E-state index contributed by atoms with van der Waals surface area (Å²) in [6.45, 7) is 13.4. The molecule has 3 atom stereocenters. The molecule has 0 aromatic rings. The zero-order valence-corrected chi connectivity index (χ0v) is 10.7. The minimum Gasteiger partial charge on any atom is -0.0654 e. The molecule has 0 bridgehead atoms. The van der Waals surface area contributed by atoms with Gasteiger partial charge in [0.05, 0.1) is 0 Å². The average molecular weight is 197 g/mol. The van der Waals surface area contributed by atoms with E-state index in [1.165, 1.54) is 32.1 Å². The smallest absolute Gasteiger partial charge is 0.0414 e. The summed E-state index contributed by atoms with van der Waals surface area (Å²) in [6.07, 6.45) is 8.07. The van der Waals surface area contributed by atoms with E-state index in [2.05, 4.69) is 34.6 Å². The maximum atomic E-state index is 3.99. The minimum atomic E-state index is 0.795. The lowest BCUT2D eigenvalue weighted by molar-refractivity contribution is 0.301. The van der Waals surface area contributed by atoms with Crippen molar-refractivity contribution in [3.8, 4) is 0 Å². The Morgan fingerprint density at radius 3 is 2.14 bits per heavy atom. The van der Waals surface area contributed by atoms with Crippen LogP contribution in [0.5, 0.6) is 0 Å². The van der Waals surface area contributed by atoms with E-state index in [-0.39, 0.29) is 0 Å². The standard InChI is InChI=1S/C14H29/c1-6-8-9-10-12(3)11-14(5)13(4)7-2/h12-14H,2,6-11H2,1,3-5H3. The highest BCUT2D eigenvalue weighted by atomic mass is 14.2. The summed E-state index contributed by atoms with van der Waals surface area (Å²) in [7, 11) is 0. The maximum Gasteiger partial charge on any atom is -0.0414 e. The molecule has 0 aliphatic heterocycles. The van der Waals surface area contributed by atoms with Crippen LogP contribution in [0.25, 0.3) is 0 Å². The molecule has 0 rings (SSSR count). The highest BCUT2D eigenvalue weighted by Gasteiger charge is 2.13. The van der Waals surface area contributed by atoms with Crippen molar-refractivity contribution in [3.63, 3.8) is 0 Å². The zero-order chi connectivity index (χ0) is 11.0. The van der Waals surface area contributed by atoms with Crippen LogP contribution in [-0.4, -0.2) is 0 Å². The zero-order valence-electron chi connectivity index (χ0n) is 10.7. The molecule has 0 aromatic carbocycles. The van der Waals surface area contributed by atoms with Crippen LogP contribution in [0.1, 0.15) is 66.2 Å². The number of unbranched alkanes of at least 4 members (excludes halogenated alkanes) is 2. The fourth-order valence-corrected chi connectivity index (χ4v) is 2.01. The van der Waals surface area contributed by atoms with E-state index in [4.69, 9.17) is 0 Å². The molecule has 0 heteroatoms. The first-order valence-electron chi connectivity index (χ1n) is 6.41. The quantitative estimate of drug-likeness (QED) is 0.475. The Labute approximate surface area is 91.5 Å². The third-order valence-electron chi connectivity index (χ3n) is 3.50. The minimum absolute atomic E-state index is 0.795. The largest absolute Gasteiger partial charge is 0.0654 e. The Hall–Kier alpha value is 0. The van der Waals surface area contributed by atoms with E-state index in [0.717, 1.165) is 24.2 Å². The van der Waals surface area contributed by atoms with Crippen LogP contribution in [-0.2, 0) is 0 Å². The van der Waals surface area contributed by atoms with E-state index < -0.39 is 0 Å². The van der Waals surface area contributed by atoms with Crippen LogP contribution in [0, 0.1) is 24.7 Å². The molecule has 0 aliphatic carbocycles. The van der Waals surface area contributed by atoms with Crippen LogP contribution >= 0.6 is 0 Å². The fraction of sp³-hybridized carbons (Fsp3) is 0.929. The van der Waals surface area contributed by atoms with Crippen LogP contribution in [0.4, 0.5) is 0 Å². The van der Waals surface area contributed by atoms with Gasteiger partial charge in [-0.3, -0.25) is 0 Å². The van der Waals surface area contributed by atoms with Gasteiger partial charge in [-0.1, -0.05) is 66.7 Å². The van der Waals surface area contributed by atoms with Crippen LogP contribution in [0.2, 0.25) is 0 Å². The van der Waals surface area contributed by atoms with Crippen LogP contribution in [0.3, 0.4) is 0 Å². The summed E-state index contributed by atoms with van der Waals surface area (Å²) in [5, 5.41) is 0. The molecule has 85 valence electrons. The summed E-state index contributed by atoms with van der Waals surface area (Å²) >= 11 is 0. The predicted molar refractivity (Wildman–Crippen MR) is 66.2 cm³/mol. The molecule has 0 nitrogen and oxygen atoms in total. The lowest BCUT2D eigenvalue weighted by atomic mass is 9.84. The third kappa shape index (κ3) is 6.45. The maximum absolute atomic E-state index is 3.99. The molecule has 0 heterocycles. The highest BCUT2D eigenvalue weighted by molar-refractivity contribution is 4.66. The summed E-state index contributed by atoms with van der Waals surface area (Å²) < 4.78 is 0. The van der Waals surface area contributed by atoms with Crippen molar-refractivity contribution in [3.05, 3.63) is 6.92 Å². The number of hydrogen-bond acceptors (Lipinski definition) is 0. The fourth-order valence-electron chi connectivity index (χ4n) is 2.01. The molecule has 0 N–H and O–H groups in total. The van der Waals surface area contributed by atoms with Gasteiger partial charge in [-0.25, -0.2) is 0 Å². The molecular formula is C14H29. The van der Waals surface area contributed by atoms with E-state index in [1.807, 2.05) is 0 Å². The van der Waals surface area contributed by atoms with E-state index >= 15 is 0 Å². The van der Waals surface area contributed by atoms with Gasteiger partial charge in [-0.15, -0.1) is 0 Å². The summed E-state index contributed by atoms with van der Waals surface area (Å²) in [4.78, 5) is 0. The van der Waals surface area contributed by atoms with Gasteiger partial charge in [-0.05, 0) is 24.2 Å². The molecule has 0 saturated heterocycles. The van der Waals surface area contributed by atoms with Gasteiger partial charge >= 0.3 is 0 Å². The number of hydrogen-bond donors (Lipinski definition) is 0. The van der Waals surface area contributed by atoms with Gasteiger partial charge in [0.15, 0.2) is 0 Å². The highest BCUT2D eigenvalue weighted by Crippen LogP contribution is 2.24. The Balaban J connectivity index is 3.54. The van der Waals surface area contributed by atoms with Crippen LogP contribution < -0.4 is 0 Å². The van der Waals surface area contributed by atoms with Crippen molar-refractivity contribution in [2.45, 2.75) is 66.2 Å². The molecule has 0 aliphatic rings. The first kappa shape index (κ1) is 14.0. The van der Waals surface area contributed by atoms with E-state index in [0.29, 0.717) is 0 Å². The monoisotopic (exact) mass is 197 g/mol. The second-order valence-electron chi connectivity index (χ2n) is 5.08. The van der Waals surface area contributed by atoms with Crippen molar-refractivity contribution in [1.82, 2.24) is 0 Å². The van der Waals surface area contributed by atoms with Crippen molar-refractivity contribution >= 4 is 0 Å². The molecule has 0 amide bonds. The Morgan fingerprint density at radius 1 is 1.00 bits per heavy atom. The van der Waals surface area contributed by atoms with Gasteiger partial charge in [0.2, 0.25) is 0 Å². The summed E-state index contributed by atoms with van der Waals surface area (Å²) in [5.41, 5.74) is 0. The van der Waals surface area contributed by atoms with Gasteiger partial charge in [0.25, 0.3) is 0 Å². The summed E-state index contributed by atoms with van der Waals surface area (Å²) in [6, 6.07) is 0. The van der Waals surface area contributed by atoms with Crippen molar-refractivity contribution < 1.29 is 0 Å². The molecule has 0 saturated carbocycles. The van der Waals surface area contributed by atoms with Crippen molar-refractivity contribution in [2.24, 2.45) is 17.8 Å². The molecule has 0 aromatic heterocycles. The lowest BCUT2D eigenvalue weighted by Crippen LogP contribution is -2.11. The molecule has 0 spiro atoms. The Kier molecular flexibility index (Phi) is 8.32. The number of rotatable bonds is 8. The Bertz CT molecular complexity index is 117. The van der Waals surface area contributed by atoms with Gasteiger partial charge < -0.3 is 0 Å². The van der Waals surface area contributed by atoms with Gasteiger partial charge in [-0.2, -0.15) is 0 Å². The van der Waals surface area contributed by atoms with Gasteiger partial charge in [0.1, 0.15) is 0 Å². The molecular weight excluding hydrogens is 168 g/mol. The molecule has 3 unspecified atom stereocenters. The topological polar surface area (TPSA) is 0 Å². The first-order valence-corrected chi connectivity index (χ1v) is 6.41. The van der Waals surface area contributed by atoms with E-state index in [9.17, 15) is 0 Å². The van der Waals surface area contributed by atoms with Gasteiger partial charge in [0, 0.05) is 0 Å². The van der Waals surface area contributed by atoms with Crippen molar-refractivity contribution in [1.29, 1.82) is 0 Å². The normalized spacial score (nSPS) is 17.8. The molecule has 1 radical (unpaired) electrons.